The number of hydrogen-bond donors (Lipinski definition) is 0. The third-order valence-corrected chi connectivity index (χ3v) is 3.55. The Morgan fingerprint density at radius 3 is 2.35 bits per heavy atom. The van der Waals surface area contributed by atoms with Gasteiger partial charge in [0.05, 0.1) is 19.0 Å². The van der Waals surface area contributed by atoms with Gasteiger partial charge in [-0.15, -0.1) is 34.9 Å². The molecule has 4 rings (SSSR count). The van der Waals surface area contributed by atoms with Gasteiger partial charge in [-0.1, -0.05) is 11.8 Å². The third kappa shape index (κ3) is 6.65. The van der Waals surface area contributed by atoms with Crippen LogP contribution in [0.2, 0.25) is 0 Å². The molecule has 12 heteroatoms. The molecule has 0 radical (unpaired) electrons. The van der Waals surface area contributed by atoms with E-state index < -0.39 is 11.9 Å². The minimum Gasteiger partial charge on any atom is -0.573 e. The number of ether oxygens (including phenoxy) is 1. The summed E-state index contributed by atoms with van der Waals surface area (Å²) < 4.78 is 54.0. The van der Waals surface area contributed by atoms with Crippen molar-refractivity contribution in [3.8, 4) is 28.5 Å². The summed E-state index contributed by atoms with van der Waals surface area (Å²) in [5.74, 6) is 0.126. The molecule has 7 nitrogen and oxygen atoms in total. The summed E-state index contributed by atoms with van der Waals surface area (Å²) in [4.78, 5) is 7.53. The predicted octanol–water partition coefficient (Wildman–Crippen LogP) is 3.60. The van der Waals surface area contributed by atoms with E-state index in [-0.39, 0.29) is 38.3 Å². The molecule has 0 bridgehead atoms. The first-order chi connectivity index (χ1) is 14.4. The van der Waals surface area contributed by atoms with Crippen LogP contribution in [0.5, 0.6) is 5.88 Å². The molecule has 0 saturated carbocycles. The maximum absolute atomic E-state index is 12.6. The summed E-state index contributed by atoms with van der Waals surface area (Å²) in [6.45, 7) is 0. The summed E-state index contributed by atoms with van der Waals surface area (Å²) in [5, 5.41) is 14.1. The molecule has 0 unspecified atom stereocenters. The molecule has 162 valence electrons. The summed E-state index contributed by atoms with van der Waals surface area (Å²) in [6, 6.07) is 11.3. The first-order valence-corrected chi connectivity index (χ1v) is 8.26. The third-order valence-electron chi connectivity index (χ3n) is 3.55. The van der Waals surface area contributed by atoms with E-state index in [9.17, 15) is 17.6 Å². The zero-order chi connectivity index (χ0) is 21.6. The monoisotopic (exact) mass is 611 g/mol. The van der Waals surface area contributed by atoms with Crippen molar-refractivity contribution in [2.75, 3.05) is 7.11 Å². The molecule has 0 aliphatic rings. The van der Waals surface area contributed by atoms with E-state index in [4.69, 9.17) is 4.74 Å². The fourth-order valence-electron chi connectivity index (χ4n) is 2.13. The molecule has 0 amide bonds. The Morgan fingerprint density at radius 2 is 1.84 bits per heavy atom. The second kappa shape index (κ2) is 10.7. The predicted molar refractivity (Wildman–Crippen MR) is 96.4 cm³/mol. The van der Waals surface area contributed by atoms with Crippen LogP contribution in [-0.2, 0) is 27.2 Å². The van der Waals surface area contributed by atoms with Gasteiger partial charge in [-0.3, -0.25) is 14.4 Å². The van der Waals surface area contributed by atoms with E-state index in [1.165, 1.54) is 37.8 Å². The summed E-state index contributed by atoms with van der Waals surface area (Å²) in [7, 11) is 1.52. The molecule has 1 aromatic carbocycles. The SMILES string of the molecule is COc1ccc(-c2[c-]cc(F)cc2)nn1.FC(F)(F)c1cc(-c2cnccn2)[n-]n1.[Pt+2]. The largest absolute Gasteiger partial charge is 2.00 e. The van der Waals surface area contributed by atoms with Crippen LogP contribution < -0.4 is 9.84 Å². The van der Waals surface area contributed by atoms with Gasteiger partial charge < -0.3 is 14.9 Å². The van der Waals surface area contributed by atoms with Gasteiger partial charge in [0.2, 0.25) is 5.88 Å². The Hall–Kier alpha value is -3.20. The van der Waals surface area contributed by atoms with Gasteiger partial charge >= 0.3 is 27.2 Å². The minimum atomic E-state index is -4.48. The number of nitrogens with zero attached hydrogens (tertiary/aromatic N) is 6. The van der Waals surface area contributed by atoms with Gasteiger partial charge in [-0.2, -0.15) is 18.3 Å². The smallest absolute Gasteiger partial charge is 0.573 e. The van der Waals surface area contributed by atoms with Crippen molar-refractivity contribution in [1.29, 1.82) is 0 Å². The molecule has 0 saturated heterocycles. The molecule has 0 atom stereocenters. The second-order valence-electron chi connectivity index (χ2n) is 5.58. The molecular formula is C19H12F4N6OPt. The van der Waals surface area contributed by atoms with Crippen LogP contribution in [0.15, 0.2) is 55.0 Å². The Kier molecular flexibility index (Phi) is 8.32. The zero-order valence-corrected chi connectivity index (χ0v) is 17.9. The molecule has 4 aromatic rings. The minimum absolute atomic E-state index is 0. The van der Waals surface area contributed by atoms with Gasteiger partial charge in [0, 0.05) is 23.9 Å². The summed E-state index contributed by atoms with van der Waals surface area (Å²) in [6.07, 6.45) is -0.362. The van der Waals surface area contributed by atoms with Crippen LogP contribution in [-0.4, -0.2) is 32.4 Å². The maximum atomic E-state index is 12.6. The quantitative estimate of drug-likeness (QED) is 0.259. The number of benzene rings is 1. The van der Waals surface area contributed by atoms with E-state index in [1.54, 1.807) is 18.2 Å². The number of alkyl halides is 3. The molecule has 31 heavy (non-hydrogen) atoms. The van der Waals surface area contributed by atoms with Crippen molar-refractivity contribution in [3.05, 3.63) is 72.6 Å². The van der Waals surface area contributed by atoms with Crippen molar-refractivity contribution in [3.63, 3.8) is 0 Å². The van der Waals surface area contributed by atoms with Gasteiger partial charge in [-0.05, 0) is 12.1 Å². The molecule has 3 heterocycles. The molecule has 0 aliphatic heterocycles. The average molecular weight is 611 g/mol. The molecule has 3 aromatic heterocycles. The average Bonchev–Trinajstić information content (AvgIpc) is 3.27. The Morgan fingerprint density at radius 1 is 1.03 bits per heavy atom. The van der Waals surface area contributed by atoms with E-state index in [2.05, 4.69) is 36.4 Å². The van der Waals surface area contributed by atoms with Crippen LogP contribution in [0.3, 0.4) is 0 Å². The first kappa shape index (κ1) is 24.1. The number of aromatic nitrogens is 6. The summed E-state index contributed by atoms with van der Waals surface area (Å²) >= 11 is 0. The van der Waals surface area contributed by atoms with Crippen molar-refractivity contribution in [2.24, 2.45) is 0 Å². The number of halogens is 4. The first-order valence-electron chi connectivity index (χ1n) is 8.26. The maximum Gasteiger partial charge on any atom is 2.00 e. The standard InChI is InChI=1S/C11H8FN2O.C8H4F3N4.Pt/c1-15-11-7-6-10(13-14-11)8-2-4-9(12)5-3-8;9-8(10,11)7-3-5(14-15-7)6-4-12-1-2-13-6;/h2,4-7H,1H3;1-4H;/q2*-1;+2. The van der Waals surface area contributed by atoms with E-state index in [0.717, 1.165) is 6.07 Å². The topological polar surface area (TPSA) is 87.8 Å². The molecule has 0 N–H and O–H groups in total. The number of methoxy groups -OCH3 is 1. The van der Waals surface area contributed by atoms with Crippen LogP contribution in [0.25, 0.3) is 22.6 Å². The Balaban J connectivity index is 0.000000213. The van der Waals surface area contributed by atoms with Crippen molar-refractivity contribution in [1.82, 2.24) is 30.4 Å². The fourth-order valence-corrected chi connectivity index (χ4v) is 2.13. The number of hydrogen-bond acceptors (Lipinski definition) is 6. The fraction of sp³-hybridized carbons (Fsp3) is 0.105. The van der Waals surface area contributed by atoms with Crippen molar-refractivity contribution < 1.29 is 43.4 Å². The van der Waals surface area contributed by atoms with Gasteiger partial charge in [-0.25, -0.2) is 0 Å². The van der Waals surface area contributed by atoms with Gasteiger partial charge in [0.25, 0.3) is 0 Å². The number of rotatable bonds is 3. The zero-order valence-electron chi connectivity index (χ0n) is 15.6. The van der Waals surface area contributed by atoms with Crippen LogP contribution in [0.4, 0.5) is 17.6 Å². The van der Waals surface area contributed by atoms with Gasteiger partial charge in [0.1, 0.15) is 5.69 Å². The van der Waals surface area contributed by atoms with Crippen LogP contribution in [0, 0.1) is 11.9 Å². The van der Waals surface area contributed by atoms with Gasteiger partial charge in [0.15, 0.2) is 0 Å². The Bertz CT molecular complexity index is 1070. The Labute approximate surface area is 188 Å². The van der Waals surface area contributed by atoms with Crippen LogP contribution >= 0.6 is 0 Å². The normalized spacial score (nSPS) is 10.5. The van der Waals surface area contributed by atoms with Crippen molar-refractivity contribution in [2.45, 2.75) is 6.18 Å². The van der Waals surface area contributed by atoms with E-state index in [0.29, 0.717) is 17.1 Å². The second-order valence-corrected chi connectivity index (χ2v) is 5.58. The molecular weight excluding hydrogens is 599 g/mol. The molecule has 0 aliphatic carbocycles. The van der Waals surface area contributed by atoms with E-state index in [1.807, 2.05) is 0 Å². The van der Waals surface area contributed by atoms with E-state index >= 15 is 0 Å². The summed E-state index contributed by atoms with van der Waals surface area (Å²) in [5.41, 5.74) is 0.640. The molecule has 0 spiro atoms. The van der Waals surface area contributed by atoms with Crippen molar-refractivity contribution >= 4 is 0 Å². The molecule has 0 fully saturated rings. The van der Waals surface area contributed by atoms with Crippen LogP contribution in [0.1, 0.15) is 5.69 Å².